The van der Waals surface area contributed by atoms with Gasteiger partial charge >= 0.3 is 0 Å². The smallest absolute Gasteiger partial charge is 0.162 e. The first kappa shape index (κ1) is 16.0. The van der Waals surface area contributed by atoms with Crippen LogP contribution in [0.4, 0.5) is 5.69 Å². The first-order valence-electron chi connectivity index (χ1n) is 9.01. The minimum absolute atomic E-state index is 0.524. The van der Waals surface area contributed by atoms with Gasteiger partial charge in [-0.2, -0.15) is 0 Å². The fraction of sp³-hybridized carbons (Fsp3) is 0.381. The highest BCUT2D eigenvalue weighted by Crippen LogP contribution is 2.39. The molecule has 0 aliphatic heterocycles. The Bertz CT molecular complexity index is 901. The fourth-order valence-electron chi connectivity index (χ4n) is 3.82. The molecule has 0 unspecified atom stereocenters. The Morgan fingerprint density at radius 2 is 1.60 bits per heavy atom. The largest absolute Gasteiger partial charge is 0.493 e. The third-order valence-corrected chi connectivity index (χ3v) is 5.14. The monoisotopic (exact) mass is 336 g/mol. The predicted molar refractivity (Wildman–Crippen MR) is 103 cm³/mol. The summed E-state index contributed by atoms with van der Waals surface area (Å²) in [6, 6.07) is 12.8. The van der Waals surface area contributed by atoms with Crippen molar-refractivity contribution in [2.45, 2.75) is 38.1 Å². The molecule has 1 aliphatic rings. The van der Waals surface area contributed by atoms with Crippen LogP contribution < -0.4 is 14.8 Å². The molecule has 0 bridgehead atoms. The normalized spacial score (nSPS) is 15.4. The van der Waals surface area contributed by atoms with Gasteiger partial charge in [0.1, 0.15) is 0 Å². The molecule has 4 rings (SSSR count). The molecule has 1 N–H and O–H groups in total. The van der Waals surface area contributed by atoms with Gasteiger partial charge < -0.3 is 14.8 Å². The van der Waals surface area contributed by atoms with Gasteiger partial charge in [0.05, 0.1) is 30.9 Å². The molecule has 0 saturated heterocycles. The van der Waals surface area contributed by atoms with E-state index in [1.54, 1.807) is 14.2 Å². The number of hydrogen-bond acceptors (Lipinski definition) is 4. The van der Waals surface area contributed by atoms with Crippen LogP contribution in [0.1, 0.15) is 32.1 Å². The molecule has 1 saturated carbocycles. The predicted octanol–water partition coefficient (Wildman–Crippen LogP) is 5.15. The number of hydrogen-bond donors (Lipinski definition) is 1. The van der Waals surface area contributed by atoms with Crippen molar-refractivity contribution >= 4 is 27.5 Å². The summed E-state index contributed by atoms with van der Waals surface area (Å²) in [5.41, 5.74) is 3.09. The van der Waals surface area contributed by atoms with Crippen LogP contribution in [0, 0.1) is 0 Å². The van der Waals surface area contributed by atoms with E-state index >= 15 is 0 Å². The number of nitrogens with one attached hydrogen (secondary N) is 1. The molecule has 1 heterocycles. The van der Waals surface area contributed by atoms with Crippen molar-refractivity contribution < 1.29 is 9.47 Å². The quantitative estimate of drug-likeness (QED) is 0.669. The number of nitrogens with zero attached hydrogens (tertiary/aromatic N) is 1. The molecule has 25 heavy (non-hydrogen) atoms. The first-order chi connectivity index (χ1) is 12.3. The minimum Gasteiger partial charge on any atom is -0.493 e. The molecule has 3 aromatic rings. The molecular formula is C21H24N2O2. The lowest BCUT2D eigenvalue weighted by Gasteiger charge is -2.25. The maximum absolute atomic E-state index is 5.52. The van der Waals surface area contributed by atoms with Crippen molar-refractivity contribution in [1.82, 2.24) is 4.98 Å². The Morgan fingerprint density at radius 1 is 0.880 bits per heavy atom. The van der Waals surface area contributed by atoms with Crippen LogP contribution in [0.2, 0.25) is 0 Å². The van der Waals surface area contributed by atoms with Gasteiger partial charge in [0.25, 0.3) is 0 Å². The number of anilines is 1. The zero-order chi connectivity index (χ0) is 17.2. The second-order valence-corrected chi connectivity index (χ2v) is 6.71. The summed E-state index contributed by atoms with van der Waals surface area (Å²) in [4.78, 5) is 4.84. The molecule has 130 valence electrons. The number of methoxy groups -OCH3 is 2. The molecule has 4 heteroatoms. The number of ether oxygens (including phenoxy) is 2. The molecule has 0 amide bonds. The van der Waals surface area contributed by atoms with Crippen LogP contribution in [-0.4, -0.2) is 25.2 Å². The number of para-hydroxylation sites is 1. The van der Waals surface area contributed by atoms with Crippen molar-refractivity contribution in [3.63, 3.8) is 0 Å². The summed E-state index contributed by atoms with van der Waals surface area (Å²) in [6.07, 6.45) is 6.41. The average molecular weight is 336 g/mol. The van der Waals surface area contributed by atoms with E-state index in [0.29, 0.717) is 11.8 Å². The van der Waals surface area contributed by atoms with Crippen LogP contribution in [0.3, 0.4) is 0 Å². The zero-order valence-electron chi connectivity index (χ0n) is 14.8. The lowest BCUT2D eigenvalue weighted by molar-refractivity contribution is 0.356. The van der Waals surface area contributed by atoms with E-state index in [9.17, 15) is 0 Å². The Balaban J connectivity index is 1.93. The Hall–Kier alpha value is -2.49. The van der Waals surface area contributed by atoms with Crippen LogP contribution in [0.15, 0.2) is 36.4 Å². The lowest BCUT2D eigenvalue weighted by Crippen LogP contribution is -2.22. The van der Waals surface area contributed by atoms with E-state index in [1.165, 1.54) is 32.1 Å². The van der Waals surface area contributed by atoms with Crippen molar-refractivity contribution in [2.75, 3.05) is 19.5 Å². The van der Waals surface area contributed by atoms with Crippen LogP contribution in [0.5, 0.6) is 11.5 Å². The molecule has 0 spiro atoms. The molecule has 0 atom stereocenters. The summed E-state index contributed by atoms with van der Waals surface area (Å²) in [5, 5.41) is 6.06. The second-order valence-electron chi connectivity index (χ2n) is 6.71. The highest BCUT2D eigenvalue weighted by molar-refractivity contribution is 6.08. The maximum Gasteiger partial charge on any atom is 0.162 e. The van der Waals surface area contributed by atoms with Crippen molar-refractivity contribution in [2.24, 2.45) is 0 Å². The molecule has 2 aromatic carbocycles. The first-order valence-corrected chi connectivity index (χ1v) is 9.01. The Labute approximate surface area is 148 Å². The fourth-order valence-corrected chi connectivity index (χ4v) is 3.82. The van der Waals surface area contributed by atoms with Gasteiger partial charge in [-0.05, 0) is 25.0 Å². The third kappa shape index (κ3) is 2.97. The van der Waals surface area contributed by atoms with Gasteiger partial charge in [0.2, 0.25) is 0 Å². The minimum atomic E-state index is 0.524. The van der Waals surface area contributed by atoms with E-state index in [-0.39, 0.29) is 0 Å². The highest BCUT2D eigenvalue weighted by atomic mass is 16.5. The van der Waals surface area contributed by atoms with Crippen LogP contribution in [-0.2, 0) is 0 Å². The summed E-state index contributed by atoms with van der Waals surface area (Å²) >= 11 is 0. The van der Waals surface area contributed by atoms with Gasteiger partial charge in [0.15, 0.2) is 11.5 Å². The topological polar surface area (TPSA) is 43.4 Å². The van der Waals surface area contributed by atoms with E-state index in [2.05, 4.69) is 23.5 Å². The number of rotatable bonds is 4. The lowest BCUT2D eigenvalue weighted by atomic mass is 9.94. The molecular weight excluding hydrogens is 312 g/mol. The Kier molecular flexibility index (Phi) is 4.35. The highest BCUT2D eigenvalue weighted by Gasteiger charge is 2.18. The SMILES string of the molecule is COc1cc2nc3ccccc3c(NC3CCCCC3)c2cc1OC. The van der Waals surface area contributed by atoms with Gasteiger partial charge in [-0.25, -0.2) is 4.98 Å². The zero-order valence-corrected chi connectivity index (χ0v) is 14.8. The van der Waals surface area contributed by atoms with Gasteiger partial charge in [-0.15, -0.1) is 0 Å². The molecule has 1 aliphatic carbocycles. The number of pyridine rings is 1. The van der Waals surface area contributed by atoms with Crippen LogP contribution >= 0.6 is 0 Å². The molecule has 1 fully saturated rings. The van der Waals surface area contributed by atoms with Crippen LogP contribution in [0.25, 0.3) is 21.8 Å². The summed E-state index contributed by atoms with van der Waals surface area (Å²) in [5.74, 6) is 1.44. The van der Waals surface area contributed by atoms with Crippen molar-refractivity contribution in [3.8, 4) is 11.5 Å². The maximum atomic E-state index is 5.52. The molecule has 4 nitrogen and oxygen atoms in total. The summed E-state index contributed by atoms with van der Waals surface area (Å²) < 4.78 is 11.0. The Morgan fingerprint density at radius 3 is 2.36 bits per heavy atom. The summed E-state index contributed by atoms with van der Waals surface area (Å²) in [6.45, 7) is 0. The number of aromatic nitrogens is 1. The van der Waals surface area contributed by atoms with E-state index < -0.39 is 0 Å². The summed E-state index contributed by atoms with van der Waals surface area (Å²) in [7, 11) is 3.33. The second kappa shape index (κ2) is 6.79. The van der Waals surface area contributed by atoms with Gasteiger partial charge in [0, 0.05) is 22.9 Å². The number of fused-ring (bicyclic) bond motifs is 2. The van der Waals surface area contributed by atoms with Crippen molar-refractivity contribution in [1.29, 1.82) is 0 Å². The van der Waals surface area contributed by atoms with Gasteiger partial charge in [-0.3, -0.25) is 0 Å². The van der Waals surface area contributed by atoms with E-state index in [0.717, 1.165) is 33.2 Å². The third-order valence-electron chi connectivity index (χ3n) is 5.14. The molecule has 1 aromatic heterocycles. The van der Waals surface area contributed by atoms with E-state index in [4.69, 9.17) is 14.5 Å². The van der Waals surface area contributed by atoms with Gasteiger partial charge in [-0.1, -0.05) is 37.5 Å². The average Bonchev–Trinajstić information content (AvgIpc) is 2.67. The van der Waals surface area contributed by atoms with Crippen molar-refractivity contribution in [3.05, 3.63) is 36.4 Å². The molecule has 0 radical (unpaired) electrons. The standard InChI is InChI=1S/C21H24N2O2/c1-24-19-12-16-18(13-20(19)25-2)23-17-11-7-6-10-15(17)21(16)22-14-8-4-3-5-9-14/h6-7,10-14H,3-5,8-9H2,1-2H3,(H,22,23). The van der Waals surface area contributed by atoms with E-state index in [1.807, 2.05) is 18.2 Å². The number of benzene rings is 2.